The molecule has 3 heterocycles. The lowest BCUT2D eigenvalue weighted by atomic mass is 9.98. The maximum Gasteiger partial charge on any atom is 0.259 e. The van der Waals surface area contributed by atoms with Gasteiger partial charge in [0, 0.05) is 11.9 Å². The van der Waals surface area contributed by atoms with Crippen molar-refractivity contribution in [1.29, 1.82) is 0 Å². The van der Waals surface area contributed by atoms with Gasteiger partial charge in [-0.3, -0.25) is 4.79 Å². The van der Waals surface area contributed by atoms with Crippen LogP contribution in [0.5, 0.6) is 5.75 Å². The maximum atomic E-state index is 13.8. The van der Waals surface area contributed by atoms with Gasteiger partial charge in [0.05, 0.1) is 30.1 Å². The Morgan fingerprint density at radius 3 is 2.83 bits per heavy atom. The number of rotatable bonds is 3. The average Bonchev–Trinajstić information content (AvgIpc) is 3.32. The highest BCUT2D eigenvalue weighted by Crippen LogP contribution is 2.38. The van der Waals surface area contributed by atoms with Gasteiger partial charge >= 0.3 is 0 Å². The summed E-state index contributed by atoms with van der Waals surface area (Å²) >= 11 is 0. The molecular formula is C24H20N2O3. The van der Waals surface area contributed by atoms with Gasteiger partial charge in [-0.15, -0.1) is 0 Å². The topological polar surface area (TPSA) is 55.6 Å². The zero-order valence-electron chi connectivity index (χ0n) is 16.1. The zero-order chi connectivity index (χ0) is 19.8. The number of benzene rings is 2. The minimum atomic E-state index is -0.0538. The molecule has 0 fully saturated rings. The number of carbonyl (C=O) groups is 1. The number of carbonyl (C=O) groups excluding carboxylic acids is 1. The van der Waals surface area contributed by atoms with Gasteiger partial charge in [-0.2, -0.15) is 0 Å². The van der Waals surface area contributed by atoms with Crippen LogP contribution >= 0.6 is 0 Å². The van der Waals surface area contributed by atoms with Crippen LogP contribution in [-0.2, 0) is 6.42 Å². The molecule has 144 valence electrons. The second kappa shape index (κ2) is 7.09. The van der Waals surface area contributed by atoms with E-state index in [9.17, 15) is 4.79 Å². The molecule has 5 rings (SSSR count). The number of anilines is 1. The Balaban J connectivity index is 1.68. The first-order valence-electron chi connectivity index (χ1n) is 9.67. The Morgan fingerprint density at radius 2 is 2.00 bits per heavy atom. The third-order valence-corrected chi connectivity index (χ3v) is 5.37. The number of ether oxygens (including phenoxy) is 1. The summed E-state index contributed by atoms with van der Waals surface area (Å²) in [5.74, 6) is 1.31. The van der Waals surface area contributed by atoms with Crippen LogP contribution < -0.4 is 9.64 Å². The standard InChI is InChI=1S/C24H20N2O3/c1-28-22-11-4-7-16-8-5-13-26(23(16)22)24(27)18-15-20(21-12-6-14-29-21)25-19-10-3-2-9-17(18)19/h2-4,6-7,9-12,14-15H,5,8,13H2,1H3. The molecule has 4 aromatic rings. The van der Waals surface area contributed by atoms with Crippen molar-refractivity contribution in [2.45, 2.75) is 12.8 Å². The number of hydrogen-bond donors (Lipinski definition) is 0. The molecule has 29 heavy (non-hydrogen) atoms. The molecule has 0 bridgehead atoms. The molecule has 0 unspecified atom stereocenters. The van der Waals surface area contributed by atoms with E-state index >= 15 is 0 Å². The molecule has 1 aliphatic rings. The predicted octanol–water partition coefficient (Wildman–Crippen LogP) is 5.10. The molecule has 5 nitrogen and oxygen atoms in total. The summed E-state index contributed by atoms with van der Waals surface area (Å²) in [7, 11) is 1.64. The number of aryl methyl sites for hydroxylation is 1. The third kappa shape index (κ3) is 2.95. The minimum Gasteiger partial charge on any atom is -0.495 e. The van der Waals surface area contributed by atoms with Crippen LogP contribution in [0.25, 0.3) is 22.4 Å². The van der Waals surface area contributed by atoms with Crippen molar-refractivity contribution in [3.63, 3.8) is 0 Å². The van der Waals surface area contributed by atoms with E-state index in [2.05, 4.69) is 6.07 Å². The van der Waals surface area contributed by atoms with Gasteiger partial charge < -0.3 is 14.1 Å². The maximum absolute atomic E-state index is 13.8. The number of para-hydroxylation sites is 2. The number of nitrogens with zero attached hydrogens (tertiary/aromatic N) is 2. The number of furan rings is 1. The molecule has 0 radical (unpaired) electrons. The molecule has 0 spiro atoms. The quantitative estimate of drug-likeness (QED) is 0.493. The fraction of sp³-hybridized carbons (Fsp3) is 0.167. The number of methoxy groups -OCH3 is 1. The van der Waals surface area contributed by atoms with Gasteiger partial charge in [0.1, 0.15) is 11.4 Å². The van der Waals surface area contributed by atoms with Gasteiger partial charge in [-0.05, 0) is 48.7 Å². The van der Waals surface area contributed by atoms with Crippen molar-refractivity contribution in [1.82, 2.24) is 4.98 Å². The van der Waals surface area contributed by atoms with E-state index in [1.807, 2.05) is 59.5 Å². The Bertz CT molecular complexity index is 1180. The molecular weight excluding hydrogens is 364 g/mol. The van der Waals surface area contributed by atoms with Gasteiger partial charge in [0.25, 0.3) is 5.91 Å². The summed E-state index contributed by atoms with van der Waals surface area (Å²) in [5.41, 5.74) is 4.03. The molecule has 5 heteroatoms. The first-order valence-corrected chi connectivity index (χ1v) is 9.67. The fourth-order valence-corrected chi connectivity index (χ4v) is 4.03. The lowest BCUT2D eigenvalue weighted by molar-refractivity contribution is 0.0986. The molecule has 0 saturated heterocycles. The molecule has 0 N–H and O–H groups in total. The molecule has 0 saturated carbocycles. The first kappa shape index (κ1) is 17.5. The number of hydrogen-bond acceptors (Lipinski definition) is 4. The van der Waals surface area contributed by atoms with Gasteiger partial charge in [0.2, 0.25) is 0 Å². The van der Waals surface area contributed by atoms with E-state index in [4.69, 9.17) is 14.1 Å². The molecule has 1 aliphatic heterocycles. The van der Waals surface area contributed by atoms with Gasteiger partial charge in [-0.25, -0.2) is 4.98 Å². The Morgan fingerprint density at radius 1 is 1.10 bits per heavy atom. The SMILES string of the molecule is COc1cccc2c1N(C(=O)c1cc(-c3ccco3)nc3ccccc13)CCC2. The first-order chi connectivity index (χ1) is 14.3. The van der Waals surface area contributed by atoms with Crippen LogP contribution in [0, 0.1) is 0 Å². The minimum absolute atomic E-state index is 0.0538. The largest absolute Gasteiger partial charge is 0.495 e. The second-order valence-corrected chi connectivity index (χ2v) is 7.08. The van der Waals surface area contributed by atoms with E-state index < -0.39 is 0 Å². The van der Waals surface area contributed by atoms with Crippen LogP contribution in [-0.4, -0.2) is 24.5 Å². The van der Waals surface area contributed by atoms with Crippen LogP contribution in [0.1, 0.15) is 22.3 Å². The van der Waals surface area contributed by atoms with Crippen molar-refractivity contribution in [3.8, 4) is 17.2 Å². The lowest BCUT2D eigenvalue weighted by Crippen LogP contribution is -2.36. The predicted molar refractivity (Wildman–Crippen MR) is 112 cm³/mol. The monoisotopic (exact) mass is 384 g/mol. The van der Waals surface area contributed by atoms with Crippen LogP contribution in [0.4, 0.5) is 5.69 Å². The van der Waals surface area contributed by atoms with E-state index in [0.717, 1.165) is 40.7 Å². The molecule has 0 aliphatic carbocycles. The second-order valence-electron chi connectivity index (χ2n) is 7.08. The van der Waals surface area contributed by atoms with Crippen molar-refractivity contribution in [2.24, 2.45) is 0 Å². The number of fused-ring (bicyclic) bond motifs is 2. The molecule has 1 amide bonds. The Kier molecular flexibility index (Phi) is 4.28. The van der Waals surface area contributed by atoms with Crippen molar-refractivity contribution in [3.05, 3.63) is 78.1 Å². The Labute approximate surface area is 168 Å². The van der Waals surface area contributed by atoms with E-state index in [-0.39, 0.29) is 5.91 Å². The number of pyridine rings is 1. The highest BCUT2D eigenvalue weighted by molar-refractivity contribution is 6.15. The summed E-state index contributed by atoms with van der Waals surface area (Å²) in [6, 6.07) is 19.2. The smallest absolute Gasteiger partial charge is 0.259 e. The van der Waals surface area contributed by atoms with Gasteiger partial charge in [0.15, 0.2) is 5.76 Å². The van der Waals surface area contributed by atoms with E-state index in [1.165, 1.54) is 0 Å². The third-order valence-electron chi connectivity index (χ3n) is 5.37. The van der Waals surface area contributed by atoms with Crippen LogP contribution in [0.15, 0.2) is 71.3 Å². The summed E-state index contributed by atoms with van der Waals surface area (Å²) in [4.78, 5) is 20.3. The fourth-order valence-electron chi connectivity index (χ4n) is 4.03. The highest BCUT2D eigenvalue weighted by Gasteiger charge is 2.28. The molecule has 0 atom stereocenters. The molecule has 2 aromatic carbocycles. The van der Waals surface area contributed by atoms with Gasteiger partial charge in [-0.1, -0.05) is 30.3 Å². The van der Waals surface area contributed by atoms with Crippen molar-refractivity contribution >= 4 is 22.5 Å². The van der Waals surface area contributed by atoms with E-state index in [0.29, 0.717) is 23.6 Å². The number of amides is 1. The zero-order valence-corrected chi connectivity index (χ0v) is 16.1. The molecule has 2 aromatic heterocycles. The van der Waals surface area contributed by atoms with Crippen molar-refractivity contribution < 1.29 is 13.9 Å². The number of aromatic nitrogens is 1. The Hall–Kier alpha value is -3.60. The average molecular weight is 384 g/mol. The summed E-state index contributed by atoms with van der Waals surface area (Å²) < 4.78 is 11.1. The van der Waals surface area contributed by atoms with Crippen LogP contribution in [0.2, 0.25) is 0 Å². The summed E-state index contributed by atoms with van der Waals surface area (Å²) in [6.07, 6.45) is 3.46. The lowest BCUT2D eigenvalue weighted by Gasteiger charge is -2.31. The van der Waals surface area contributed by atoms with Crippen LogP contribution in [0.3, 0.4) is 0 Å². The highest BCUT2D eigenvalue weighted by atomic mass is 16.5. The van der Waals surface area contributed by atoms with Crippen molar-refractivity contribution in [2.75, 3.05) is 18.6 Å². The normalized spacial score (nSPS) is 13.3. The van der Waals surface area contributed by atoms with E-state index in [1.54, 1.807) is 13.4 Å². The summed E-state index contributed by atoms with van der Waals surface area (Å²) in [5, 5.41) is 0.829. The summed E-state index contributed by atoms with van der Waals surface area (Å²) in [6.45, 7) is 0.652.